The molecule has 1 heterocycles. The molecule has 1 aromatic rings. The van der Waals surface area contributed by atoms with E-state index >= 15 is 0 Å². The predicted molar refractivity (Wildman–Crippen MR) is 64.9 cm³/mol. The Hall–Kier alpha value is -1.59. The molecule has 5 nitrogen and oxygen atoms in total. The van der Waals surface area contributed by atoms with E-state index in [9.17, 15) is 15.0 Å². The molecule has 1 aliphatic rings. The van der Waals surface area contributed by atoms with E-state index in [1.807, 2.05) is 11.0 Å². The Morgan fingerprint density at radius 3 is 3.00 bits per heavy atom. The first-order valence-corrected chi connectivity index (χ1v) is 5.88. The predicted octanol–water partition coefficient (Wildman–Crippen LogP) is 0.500. The van der Waals surface area contributed by atoms with E-state index in [2.05, 4.69) is 0 Å². The zero-order valence-corrected chi connectivity index (χ0v) is 10.2. The molecule has 0 radical (unpaired) electrons. The largest absolute Gasteiger partial charge is 0.508 e. The molecular formula is C13H17NO4. The number of likely N-dealkylation sites (tertiary alicyclic amines) is 1. The highest BCUT2D eigenvalue weighted by molar-refractivity contribution is 5.76. The second-order valence-corrected chi connectivity index (χ2v) is 4.53. The molecule has 5 heteroatoms. The van der Waals surface area contributed by atoms with Gasteiger partial charge in [-0.1, -0.05) is 12.1 Å². The number of nitrogens with zero attached hydrogens (tertiary/aromatic N) is 1. The van der Waals surface area contributed by atoms with Crippen LogP contribution in [0.25, 0.3) is 0 Å². The van der Waals surface area contributed by atoms with Gasteiger partial charge in [0.1, 0.15) is 11.8 Å². The molecule has 2 unspecified atom stereocenters. The lowest BCUT2D eigenvalue weighted by atomic mass is 10.1. The molecule has 1 fully saturated rings. The van der Waals surface area contributed by atoms with E-state index in [1.165, 1.54) is 7.11 Å². The fourth-order valence-electron chi connectivity index (χ4n) is 2.32. The van der Waals surface area contributed by atoms with E-state index < -0.39 is 12.1 Å². The maximum Gasteiger partial charge on any atom is 0.323 e. The molecule has 18 heavy (non-hydrogen) atoms. The number of carbonyl (C=O) groups is 1. The van der Waals surface area contributed by atoms with Crippen LogP contribution in [0.5, 0.6) is 5.75 Å². The van der Waals surface area contributed by atoms with Gasteiger partial charge < -0.3 is 14.9 Å². The van der Waals surface area contributed by atoms with Crippen molar-refractivity contribution in [3.8, 4) is 5.75 Å². The minimum Gasteiger partial charge on any atom is -0.508 e. The molecule has 0 spiro atoms. The first kappa shape index (κ1) is 12.9. The summed E-state index contributed by atoms with van der Waals surface area (Å²) in [6, 6.07) is 6.47. The molecule has 2 atom stereocenters. The average Bonchev–Trinajstić information content (AvgIpc) is 2.69. The van der Waals surface area contributed by atoms with Crippen LogP contribution in [0, 0.1) is 0 Å². The topological polar surface area (TPSA) is 70.0 Å². The molecule has 0 aromatic heterocycles. The average molecular weight is 251 g/mol. The monoisotopic (exact) mass is 251 g/mol. The van der Waals surface area contributed by atoms with E-state index in [4.69, 9.17) is 4.74 Å². The molecule has 2 rings (SSSR count). The van der Waals surface area contributed by atoms with Gasteiger partial charge in [0.2, 0.25) is 0 Å². The number of aromatic hydroxyl groups is 1. The summed E-state index contributed by atoms with van der Waals surface area (Å²) in [5, 5.41) is 19.0. The number of benzene rings is 1. The summed E-state index contributed by atoms with van der Waals surface area (Å²) in [5.41, 5.74) is 0.901. The number of hydrogen-bond acceptors (Lipinski definition) is 5. The van der Waals surface area contributed by atoms with Crippen molar-refractivity contribution in [2.24, 2.45) is 0 Å². The third kappa shape index (κ3) is 2.80. The van der Waals surface area contributed by atoms with Crippen LogP contribution >= 0.6 is 0 Å². The minimum atomic E-state index is -0.508. The zero-order valence-electron chi connectivity index (χ0n) is 10.2. The first-order valence-electron chi connectivity index (χ1n) is 5.88. The SMILES string of the molecule is COC(=O)C1CC(O)CN1Cc1cccc(O)c1. The molecule has 0 aliphatic carbocycles. The first-order chi connectivity index (χ1) is 8.60. The Bertz CT molecular complexity index is 435. The second kappa shape index (κ2) is 5.37. The van der Waals surface area contributed by atoms with Gasteiger partial charge in [-0.15, -0.1) is 0 Å². The number of methoxy groups -OCH3 is 1. The summed E-state index contributed by atoms with van der Waals surface area (Å²) in [6.07, 6.45) is -0.114. The van der Waals surface area contributed by atoms with Crippen LogP contribution in [-0.4, -0.2) is 46.9 Å². The van der Waals surface area contributed by atoms with Gasteiger partial charge in [0, 0.05) is 19.5 Å². The van der Waals surface area contributed by atoms with Crippen LogP contribution < -0.4 is 0 Å². The fraction of sp³-hybridized carbons (Fsp3) is 0.462. The number of carbonyl (C=O) groups excluding carboxylic acids is 1. The van der Waals surface area contributed by atoms with Gasteiger partial charge in [-0.25, -0.2) is 0 Å². The van der Waals surface area contributed by atoms with Gasteiger partial charge in [0.15, 0.2) is 0 Å². The third-order valence-corrected chi connectivity index (χ3v) is 3.15. The number of rotatable bonds is 3. The minimum absolute atomic E-state index is 0.196. The Balaban J connectivity index is 2.09. The summed E-state index contributed by atoms with van der Waals surface area (Å²) >= 11 is 0. The molecule has 0 amide bonds. The van der Waals surface area contributed by atoms with Crippen LogP contribution in [0.15, 0.2) is 24.3 Å². The van der Waals surface area contributed by atoms with E-state index in [-0.39, 0.29) is 11.7 Å². The van der Waals surface area contributed by atoms with Crippen molar-refractivity contribution in [3.63, 3.8) is 0 Å². The number of ether oxygens (including phenoxy) is 1. The Morgan fingerprint density at radius 1 is 1.56 bits per heavy atom. The highest BCUT2D eigenvalue weighted by Crippen LogP contribution is 2.22. The van der Waals surface area contributed by atoms with Crippen LogP contribution in [0.3, 0.4) is 0 Å². The van der Waals surface area contributed by atoms with Crippen molar-refractivity contribution < 1.29 is 19.7 Å². The van der Waals surface area contributed by atoms with E-state index in [0.717, 1.165) is 5.56 Å². The quantitative estimate of drug-likeness (QED) is 0.766. The highest BCUT2D eigenvalue weighted by atomic mass is 16.5. The van der Waals surface area contributed by atoms with Gasteiger partial charge in [0.25, 0.3) is 0 Å². The summed E-state index contributed by atoms with van der Waals surface area (Å²) in [6.45, 7) is 0.945. The Kier molecular flexibility index (Phi) is 3.84. The third-order valence-electron chi connectivity index (χ3n) is 3.15. The van der Waals surface area contributed by atoms with Gasteiger partial charge >= 0.3 is 5.97 Å². The number of aliphatic hydroxyl groups is 1. The summed E-state index contributed by atoms with van der Waals surface area (Å²) in [7, 11) is 1.35. The van der Waals surface area contributed by atoms with Crippen molar-refractivity contribution in [2.75, 3.05) is 13.7 Å². The zero-order chi connectivity index (χ0) is 13.1. The number of phenols is 1. The normalized spacial score (nSPS) is 24.1. The molecule has 1 aromatic carbocycles. The number of hydrogen-bond donors (Lipinski definition) is 2. The summed E-state index contributed by atoms with van der Waals surface area (Å²) in [5.74, 6) is -0.131. The van der Waals surface area contributed by atoms with Crippen LogP contribution in [0.4, 0.5) is 0 Å². The summed E-state index contributed by atoms with van der Waals surface area (Å²) in [4.78, 5) is 13.5. The van der Waals surface area contributed by atoms with Crippen molar-refractivity contribution in [2.45, 2.75) is 25.1 Å². The van der Waals surface area contributed by atoms with Gasteiger partial charge in [0.05, 0.1) is 13.2 Å². The van der Waals surface area contributed by atoms with Crippen LogP contribution in [0.2, 0.25) is 0 Å². The van der Waals surface area contributed by atoms with Crippen molar-refractivity contribution in [1.82, 2.24) is 4.90 Å². The molecular weight excluding hydrogens is 234 g/mol. The molecule has 1 aliphatic heterocycles. The fourth-order valence-corrected chi connectivity index (χ4v) is 2.32. The van der Waals surface area contributed by atoms with E-state index in [0.29, 0.717) is 19.5 Å². The molecule has 98 valence electrons. The van der Waals surface area contributed by atoms with E-state index in [1.54, 1.807) is 18.2 Å². The number of aliphatic hydroxyl groups excluding tert-OH is 1. The second-order valence-electron chi connectivity index (χ2n) is 4.53. The number of β-amino-alcohol motifs (C(OH)–C–C–N with tert-alkyl or cyclic N) is 1. The highest BCUT2D eigenvalue weighted by Gasteiger charge is 2.36. The van der Waals surface area contributed by atoms with Crippen molar-refractivity contribution >= 4 is 5.97 Å². The maximum absolute atomic E-state index is 11.6. The van der Waals surface area contributed by atoms with Gasteiger partial charge in [-0.05, 0) is 17.7 Å². The number of esters is 1. The van der Waals surface area contributed by atoms with Crippen LogP contribution in [-0.2, 0) is 16.1 Å². The number of phenolic OH excluding ortho intramolecular Hbond substituents is 1. The molecule has 0 bridgehead atoms. The molecule has 2 N–H and O–H groups in total. The Labute approximate surface area is 106 Å². The van der Waals surface area contributed by atoms with Crippen LogP contribution in [0.1, 0.15) is 12.0 Å². The lowest BCUT2D eigenvalue weighted by Gasteiger charge is -2.21. The molecule has 1 saturated heterocycles. The smallest absolute Gasteiger partial charge is 0.323 e. The standard InChI is InChI=1S/C13H17NO4/c1-18-13(17)12-6-11(16)8-14(12)7-9-3-2-4-10(15)5-9/h2-5,11-12,15-16H,6-8H2,1H3. The lowest BCUT2D eigenvalue weighted by Crippen LogP contribution is -2.36. The molecule has 0 saturated carbocycles. The van der Waals surface area contributed by atoms with Gasteiger partial charge in [-0.3, -0.25) is 9.69 Å². The van der Waals surface area contributed by atoms with Crippen molar-refractivity contribution in [3.05, 3.63) is 29.8 Å². The van der Waals surface area contributed by atoms with Crippen molar-refractivity contribution in [1.29, 1.82) is 0 Å². The summed E-state index contributed by atoms with van der Waals surface area (Å²) < 4.78 is 4.73. The lowest BCUT2D eigenvalue weighted by molar-refractivity contribution is -0.146. The Morgan fingerprint density at radius 2 is 2.33 bits per heavy atom. The van der Waals surface area contributed by atoms with Gasteiger partial charge in [-0.2, -0.15) is 0 Å². The maximum atomic E-state index is 11.6.